The number of benzene rings is 2. The molecule has 4 heteroatoms. The lowest BCUT2D eigenvalue weighted by atomic mass is 10.2. The number of ether oxygens (including phenoxy) is 1. The molecule has 0 radical (unpaired) electrons. The fraction of sp³-hybridized carbons (Fsp3) is 0.0769. The molecule has 2 aromatic carbocycles. The molecule has 0 amide bonds. The van der Waals surface area contributed by atoms with E-state index in [0.717, 1.165) is 14.9 Å². The van der Waals surface area contributed by atoms with Crippen LogP contribution in [0.3, 0.4) is 0 Å². The average Bonchev–Trinajstić information content (AvgIpc) is 2.34. The summed E-state index contributed by atoms with van der Waals surface area (Å²) in [6.07, 6.45) is 0. The fourth-order valence-corrected chi connectivity index (χ4v) is 2.26. The predicted octanol–water partition coefficient (Wildman–Crippen LogP) is 5.48. The monoisotopic (exact) mass is 378 g/mol. The second kappa shape index (κ2) is 5.94. The number of halogens is 3. The molecular formula is C13H9Cl2IO. The standard InChI is InChI=1S/C13H9Cl2IO/c14-8-9-5-6-12(10(15)7-9)17-13-4-2-1-3-11(13)16/h1-7H,8H2. The third kappa shape index (κ3) is 3.27. The third-order valence-corrected chi connectivity index (χ3v) is 3.70. The zero-order valence-corrected chi connectivity index (χ0v) is 12.5. The molecule has 0 aliphatic rings. The van der Waals surface area contributed by atoms with Gasteiger partial charge in [0.1, 0.15) is 11.5 Å². The van der Waals surface area contributed by atoms with E-state index in [4.69, 9.17) is 27.9 Å². The van der Waals surface area contributed by atoms with Crippen LogP contribution in [0.1, 0.15) is 5.56 Å². The first-order chi connectivity index (χ1) is 8.20. The summed E-state index contributed by atoms with van der Waals surface area (Å²) in [5.41, 5.74) is 0.978. The molecule has 0 aliphatic carbocycles. The minimum absolute atomic E-state index is 0.447. The Labute approximate surface area is 124 Å². The molecule has 1 nitrogen and oxygen atoms in total. The van der Waals surface area contributed by atoms with Gasteiger partial charge < -0.3 is 4.74 Å². The van der Waals surface area contributed by atoms with Crippen LogP contribution in [0.2, 0.25) is 5.02 Å². The van der Waals surface area contributed by atoms with Gasteiger partial charge in [-0.05, 0) is 52.4 Å². The molecule has 2 rings (SSSR count). The third-order valence-electron chi connectivity index (χ3n) is 2.21. The molecule has 0 unspecified atom stereocenters. The van der Waals surface area contributed by atoms with Crippen molar-refractivity contribution in [2.45, 2.75) is 5.88 Å². The van der Waals surface area contributed by atoms with Crippen molar-refractivity contribution in [2.75, 3.05) is 0 Å². The van der Waals surface area contributed by atoms with Gasteiger partial charge in [0, 0.05) is 5.88 Å². The zero-order valence-electron chi connectivity index (χ0n) is 8.79. The largest absolute Gasteiger partial charge is 0.455 e. The predicted molar refractivity (Wildman–Crippen MR) is 80.2 cm³/mol. The van der Waals surface area contributed by atoms with Crippen LogP contribution in [0.4, 0.5) is 0 Å². The lowest BCUT2D eigenvalue weighted by Crippen LogP contribution is -1.89. The minimum Gasteiger partial charge on any atom is -0.455 e. The molecule has 0 fully saturated rings. The van der Waals surface area contributed by atoms with Crippen molar-refractivity contribution in [3.8, 4) is 11.5 Å². The average molecular weight is 379 g/mol. The van der Waals surface area contributed by atoms with Gasteiger partial charge in [-0.15, -0.1) is 11.6 Å². The number of hydrogen-bond acceptors (Lipinski definition) is 1. The Balaban J connectivity index is 2.28. The van der Waals surface area contributed by atoms with E-state index >= 15 is 0 Å². The van der Waals surface area contributed by atoms with Gasteiger partial charge in [-0.25, -0.2) is 0 Å². The Hall–Kier alpha value is -0.450. The maximum Gasteiger partial charge on any atom is 0.146 e. The normalized spacial score (nSPS) is 10.3. The number of para-hydroxylation sites is 1. The summed E-state index contributed by atoms with van der Waals surface area (Å²) in [5.74, 6) is 1.89. The molecule has 0 heterocycles. The van der Waals surface area contributed by atoms with Crippen molar-refractivity contribution in [1.82, 2.24) is 0 Å². The molecule has 0 saturated heterocycles. The fourth-order valence-electron chi connectivity index (χ4n) is 1.36. The van der Waals surface area contributed by atoms with Gasteiger partial charge in [0.25, 0.3) is 0 Å². The van der Waals surface area contributed by atoms with Gasteiger partial charge >= 0.3 is 0 Å². The first-order valence-electron chi connectivity index (χ1n) is 4.97. The Morgan fingerprint density at radius 1 is 1.06 bits per heavy atom. The quantitative estimate of drug-likeness (QED) is 0.507. The molecule has 0 spiro atoms. The lowest BCUT2D eigenvalue weighted by Gasteiger charge is -2.09. The Morgan fingerprint density at radius 3 is 2.47 bits per heavy atom. The van der Waals surface area contributed by atoms with Crippen LogP contribution in [-0.2, 0) is 5.88 Å². The van der Waals surface area contributed by atoms with E-state index in [1.54, 1.807) is 0 Å². The highest BCUT2D eigenvalue weighted by Gasteiger charge is 2.06. The van der Waals surface area contributed by atoms with Gasteiger partial charge in [0.15, 0.2) is 0 Å². The molecule has 2 aromatic rings. The van der Waals surface area contributed by atoms with Crippen molar-refractivity contribution >= 4 is 45.8 Å². The van der Waals surface area contributed by atoms with Crippen molar-refractivity contribution < 1.29 is 4.74 Å². The van der Waals surface area contributed by atoms with E-state index in [2.05, 4.69) is 22.6 Å². The minimum atomic E-state index is 0.447. The van der Waals surface area contributed by atoms with Crippen LogP contribution >= 0.6 is 45.8 Å². The number of hydrogen-bond donors (Lipinski definition) is 0. The van der Waals surface area contributed by atoms with Crippen LogP contribution in [0.15, 0.2) is 42.5 Å². The highest BCUT2D eigenvalue weighted by molar-refractivity contribution is 14.1. The van der Waals surface area contributed by atoms with E-state index in [1.165, 1.54) is 0 Å². The zero-order chi connectivity index (χ0) is 12.3. The second-order valence-corrected chi connectivity index (χ2v) is 5.27. The smallest absolute Gasteiger partial charge is 0.146 e. The number of alkyl halides is 1. The van der Waals surface area contributed by atoms with Gasteiger partial charge in [-0.1, -0.05) is 29.8 Å². The van der Waals surface area contributed by atoms with Crippen LogP contribution in [0, 0.1) is 3.57 Å². The summed E-state index contributed by atoms with van der Waals surface area (Å²) >= 11 is 14.1. The summed E-state index contributed by atoms with van der Waals surface area (Å²) in [4.78, 5) is 0. The second-order valence-electron chi connectivity index (χ2n) is 3.43. The molecule has 0 bridgehead atoms. The Morgan fingerprint density at radius 2 is 1.82 bits per heavy atom. The first kappa shape index (κ1) is 13.0. The summed E-state index contributed by atoms with van der Waals surface area (Å²) in [6.45, 7) is 0. The van der Waals surface area contributed by atoms with Gasteiger partial charge in [0.05, 0.1) is 8.59 Å². The number of rotatable bonds is 3. The van der Waals surface area contributed by atoms with Crippen molar-refractivity contribution in [3.63, 3.8) is 0 Å². The SMILES string of the molecule is ClCc1ccc(Oc2ccccc2I)c(Cl)c1. The first-order valence-corrected chi connectivity index (χ1v) is 6.96. The molecule has 17 heavy (non-hydrogen) atoms. The van der Waals surface area contributed by atoms with Gasteiger partial charge in [-0.3, -0.25) is 0 Å². The maximum atomic E-state index is 6.12. The van der Waals surface area contributed by atoms with Crippen LogP contribution in [0.5, 0.6) is 11.5 Å². The molecular weight excluding hydrogens is 370 g/mol. The molecule has 0 atom stereocenters. The highest BCUT2D eigenvalue weighted by Crippen LogP contribution is 2.32. The molecule has 0 N–H and O–H groups in total. The van der Waals surface area contributed by atoms with Crippen LogP contribution < -0.4 is 4.74 Å². The summed E-state index contributed by atoms with van der Waals surface area (Å²) in [5, 5.41) is 0.572. The van der Waals surface area contributed by atoms with Gasteiger partial charge in [0.2, 0.25) is 0 Å². The molecule has 0 saturated carbocycles. The van der Waals surface area contributed by atoms with Gasteiger partial charge in [-0.2, -0.15) is 0 Å². The van der Waals surface area contributed by atoms with E-state index in [9.17, 15) is 0 Å². The summed E-state index contributed by atoms with van der Waals surface area (Å²) < 4.78 is 6.80. The highest BCUT2D eigenvalue weighted by atomic mass is 127. The topological polar surface area (TPSA) is 9.23 Å². The molecule has 88 valence electrons. The Bertz CT molecular complexity index is 529. The van der Waals surface area contributed by atoms with E-state index in [0.29, 0.717) is 16.7 Å². The summed E-state index contributed by atoms with van der Waals surface area (Å²) in [6, 6.07) is 13.3. The van der Waals surface area contributed by atoms with Crippen molar-refractivity contribution in [3.05, 3.63) is 56.6 Å². The molecule has 0 aliphatic heterocycles. The lowest BCUT2D eigenvalue weighted by molar-refractivity contribution is 0.479. The van der Waals surface area contributed by atoms with E-state index in [1.807, 2.05) is 42.5 Å². The van der Waals surface area contributed by atoms with E-state index < -0.39 is 0 Å². The van der Waals surface area contributed by atoms with Crippen LogP contribution in [-0.4, -0.2) is 0 Å². The molecule has 0 aromatic heterocycles. The summed E-state index contributed by atoms with van der Waals surface area (Å²) in [7, 11) is 0. The Kier molecular flexibility index (Phi) is 4.54. The van der Waals surface area contributed by atoms with E-state index in [-0.39, 0.29) is 0 Å². The van der Waals surface area contributed by atoms with Crippen LogP contribution in [0.25, 0.3) is 0 Å². The van der Waals surface area contributed by atoms with Crippen molar-refractivity contribution in [1.29, 1.82) is 0 Å². The maximum absolute atomic E-state index is 6.12. The van der Waals surface area contributed by atoms with Crippen molar-refractivity contribution in [2.24, 2.45) is 0 Å².